The quantitative estimate of drug-likeness (QED) is 0.671. The van der Waals surface area contributed by atoms with Crippen molar-refractivity contribution in [2.24, 2.45) is 0 Å². The number of nitrogens with zero attached hydrogens (tertiary/aromatic N) is 2. The number of allylic oxidation sites excluding steroid dienone is 2. The number of nitrogens with one attached hydrogen (secondary N) is 1. The van der Waals surface area contributed by atoms with Crippen molar-refractivity contribution in [2.75, 3.05) is 19.1 Å². The second-order valence-electron chi connectivity index (χ2n) is 6.47. The van der Waals surface area contributed by atoms with Gasteiger partial charge in [-0.05, 0) is 36.4 Å². The maximum Gasteiger partial charge on any atom is 0.355 e. The first-order chi connectivity index (χ1) is 14.6. The predicted octanol–water partition coefficient (Wildman–Crippen LogP) is 3.72. The maximum atomic E-state index is 12.6. The molecule has 0 spiro atoms. The smallest absolute Gasteiger partial charge is 0.355 e. The molecule has 0 saturated heterocycles. The molecule has 0 fully saturated rings. The number of carbonyl (C=O) groups excluding carboxylic acids is 2. The first-order valence-corrected chi connectivity index (χ1v) is 9.22. The van der Waals surface area contributed by atoms with Crippen LogP contribution in [0.15, 0.2) is 84.2 Å². The summed E-state index contributed by atoms with van der Waals surface area (Å²) in [5.41, 5.74) is 3.45. The molecule has 1 N–H and O–H groups in total. The number of imidazole rings is 1. The number of aromatic nitrogens is 2. The van der Waals surface area contributed by atoms with Gasteiger partial charge in [0.2, 0.25) is 0 Å². The zero-order chi connectivity index (χ0) is 21.1. The first-order valence-electron chi connectivity index (χ1n) is 9.22. The molecule has 30 heavy (non-hydrogen) atoms. The Labute approximate surface area is 172 Å². The molecule has 150 valence electrons. The van der Waals surface area contributed by atoms with Gasteiger partial charge in [-0.2, -0.15) is 0 Å². The topological polar surface area (TPSA) is 84.5 Å². The van der Waals surface area contributed by atoms with Crippen molar-refractivity contribution in [3.05, 3.63) is 84.2 Å². The van der Waals surface area contributed by atoms with Crippen LogP contribution in [0.3, 0.4) is 0 Å². The molecular formula is C23H19N3O4. The third-order valence-corrected chi connectivity index (χ3v) is 4.68. The highest BCUT2D eigenvalue weighted by molar-refractivity contribution is 6.05. The summed E-state index contributed by atoms with van der Waals surface area (Å²) in [5.74, 6) is -0.582. The highest BCUT2D eigenvalue weighted by Crippen LogP contribution is 2.30. The molecule has 7 nitrogen and oxygen atoms in total. The second-order valence-corrected chi connectivity index (χ2v) is 6.47. The zero-order valence-electron chi connectivity index (χ0n) is 16.5. The highest BCUT2D eigenvalue weighted by Gasteiger charge is 2.27. The third kappa shape index (κ3) is 3.48. The number of methoxy groups -OCH3 is 2. The van der Waals surface area contributed by atoms with Crippen LogP contribution in [-0.2, 0) is 19.1 Å². The van der Waals surface area contributed by atoms with Crippen LogP contribution in [0.4, 0.5) is 5.69 Å². The molecule has 4 rings (SSSR count). The molecule has 2 aromatic carbocycles. The van der Waals surface area contributed by atoms with E-state index in [1.165, 1.54) is 20.3 Å². The summed E-state index contributed by atoms with van der Waals surface area (Å²) < 4.78 is 9.80. The Morgan fingerprint density at radius 1 is 0.967 bits per heavy atom. The SMILES string of the molecule is COC(=O)C1=C(C(=O)OC)N(c2cccc(-c3nc4ccccc4[nH]3)c2)C=CC=C1. The Hall–Kier alpha value is -4.13. The predicted molar refractivity (Wildman–Crippen MR) is 113 cm³/mol. The number of hydrogen-bond donors (Lipinski definition) is 1. The molecule has 7 heteroatoms. The lowest BCUT2D eigenvalue weighted by molar-refractivity contribution is -0.139. The third-order valence-electron chi connectivity index (χ3n) is 4.68. The van der Waals surface area contributed by atoms with Gasteiger partial charge in [0.1, 0.15) is 11.5 Å². The summed E-state index contributed by atoms with van der Waals surface area (Å²) in [7, 11) is 2.54. The lowest BCUT2D eigenvalue weighted by Gasteiger charge is -2.23. The van der Waals surface area contributed by atoms with E-state index in [4.69, 9.17) is 9.47 Å². The zero-order valence-corrected chi connectivity index (χ0v) is 16.5. The number of ether oxygens (including phenoxy) is 2. The monoisotopic (exact) mass is 401 g/mol. The van der Waals surface area contributed by atoms with Crippen molar-refractivity contribution in [2.45, 2.75) is 0 Å². The van der Waals surface area contributed by atoms with Crippen molar-refractivity contribution >= 4 is 28.7 Å². The normalized spacial score (nSPS) is 13.5. The van der Waals surface area contributed by atoms with Gasteiger partial charge < -0.3 is 19.4 Å². The van der Waals surface area contributed by atoms with Gasteiger partial charge in [0.15, 0.2) is 0 Å². The molecule has 0 radical (unpaired) electrons. The van der Waals surface area contributed by atoms with E-state index in [-0.39, 0.29) is 11.3 Å². The number of anilines is 1. The number of rotatable bonds is 4. The van der Waals surface area contributed by atoms with Crippen molar-refractivity contribution in [1.29, 1.82) is 0 Å². The van der Waals surface area contributed by atoms with Crippen LogP contribution >= 0.6 is 0 Å². The van der Waals surface area contributed by atoms with Crippen molar-refractivity contribution in [3.8, 4) is 11.4 Å². The Morgan fingerprint density at radius 3 is 2.53 bits per heavy atom. The number of fused-ring (bicyclic) bond motifs is 1. The minimum atomic E-state index is -0.652. The standard InChI is InChI=1S/C23H19N3O4/c1-29-22(27)17-10-5-6-13-26(20(17)23(28)30-2)16-9-7-8-15(14-16)21-24-18-11-3-4-12-19(18)25-21/h3-14H,1-2H3,(H,24,25). The van der Waals surface area contributed by atoms with Gasteiger partial charge in [-0.1, -0.05) is 30.3 Å². The summed E-state index contributed by atoms with van der Waals surface area (Å²) in [6.07, 6.45) is 6.61. The number of benzene rings is 2. The molecule has 0 saturated carbocycles. The van der Waals surface area contributed by atoms with Gasteiger partial charge >= 0.3 is 11.9 Å². The summed E-state index contributed by atoms with van der Waals surface area (Å²) in [5, 5.41) is 0. The van der Waals surface area contributed by atoms with E-state index in [0.717, 1.165) is 16.6 Å². The summed E-state index contributed by atoms with van der Waals surface area (Å²) >= 11 is 0. The molecule has 3 aromatic rings. The average molecular weight is 401 g/mol. The molecule has 2 heterocycles. The van der Waals surface area contributed by atoms with Gasteiger partial charge in [0.05, 0.1) is 30.8 Å². The van der Waals surface area contributed by atoms with Crippen LogP contribution in [0.1, 0.15) is 0 Å². The number of esters is 2. The summed E-state index contributed by atoms with van der Waals surface area (Å²) in [6.45, 7) is 0. The summed E-state index contributed by atoms with van der Waals surface area (Å²) in [4.78, 5) is 34.4. The van der Waals surface area contributed by atoms with E-state index < -0.39 is 11.9 Å². The van der Waals surface area contributed by atoms with Crippen LogP contribution in [0.25, 0.3) is 22.4 Å². The first kappa shape index (κ1) is 19.2. The van der Waals surface area contributed by atoms with Crippen molar-refractivity contribution in [3.63, 3.8) is 0 Å². The van der Waals surface area contributed by atoms with Gasteiger partial charge in [-0.3, -0.25) is 0 Å². The molecule has 0 atom stereocenters. The van der Waals surface area contributed by atoms with E-state index in [9.17, 15) is 9.59 Å². The van der Waals surface area contributed by atoms with Crippen molar-refractivity contribution in [1.82, 2.24) is 9.97 Å². The van der Waals surface area contributed by atoms with Crippen LogP contribution < -0.4 is 4.90 Å². The van der Waals surface area contributed by atoms with E-state index in [2.05, 4.69) is 9.97 Å². The van der Waals surface area contributed by atoms with Crippen LogP contribution in [0.5, 0.6) is 0 Å². The molecular weight excluding hydrogens is 382 g/mol. The minimum absolute atomic E-state index is 0.0658. The van der Waals surface area contributed by atoms with E-state index >= 15 is 0 Å². The number of H-pyrrole nitrogens is 1. The van der Waals surface area contributed by atoms with Crippen LogP contribution in [0, 0.1) is 0 Å². The molecule has 0 amide bonds. The van der Waals surface area contributed by atoms with Gasteiger partial charge in [0, 0.05) is 17.5 Å². The number of hydrogen-bond acceptors (Lipinski definition) is 6. The Morgan fingerprint density at radius 2 is 1.77 bits per heavy atom. The van der Waals surface area contributed by atoms with Gasteiger partial charge in [-0.25, -0.2) is 14.6 Å². The lowest BCUT2D eigenvalue weighted by Crippen LogP contribution is -2.26. The summed E-state index contributed by atoms with van der Waals surface area (Å²) in [6, 6.07) is 15.3. The average Bonchev–Trinajstić information content (AvgIpc) is 3.10. The lowest BCUT2D eigenvalue weighted by atomic mass is 10.1. The molecule has 1 aromatic heterocycles. The van der Waals surface area contributed by atoms with E-state index in [1.807, 2.05) is 48.5 Å². The molecule has 0 unspecified atom stereocenters. The molecule has 1 aliphatic heterocycles. The maximum absolute atomic E-state index is 12.6. The fourth-order valence-corrected chi connectivity index (χ4v) is 3.26. The molecule has 1 aliphatic rings. The molecule has 0 bridgehead atoms. The highest BCUT2D eigenvalue weighted by atomic mass is 16.5. The van der Waals surface area contributed by atoms with Gasteiger partial charge in [-0.15, -0.1) is 0 Å². The van der Waals surface area contributed by atoms with E-state index in [0.29, 0.717) is 11.5 Å². The van der Waals surface area contributed by atoms with Crippen molar-refractivity contribution < 1.29 is 19.1 Å². The fourth-order valence-electron chi connectivity index (χ4n) is 3.26. The Bertz CT molecular complexity index is 1190. The van der Waals surface area contributed by atoms with E-state index in [1.54, 1.807) is 23.3 Å². The van der Waals surface area contributed by atoms with Crippen LogP contribution in [-0.4, -0.2) is 36.1 Å². The molecule has 0 aliphatic carbocycles. The fraction of sp³-hybridized carbons (Fsp3) is 0.0870. The van der Waals surface area contributed by atoms with Gasteiger partial charge in [0.25, 0.3) is 0 Å². The number of aromatic amines is 1. The largest absolute Gasteiger partial charge is 0.465 e. The Balaban J connectivity index is 1.83. The minimum Gasteiger partial charge on any atom is -0.465 e. The second kappa shape index (κ2) is 8.08. The number of carbonyl (C=O) groups is 2. The van der Waals surface area contributed by atoms with Crippen LogP contribution in [0.2, 0.25) is 0 Å². The number of para-hydroxylation sites is 2. The Kier molecular flexibility index (Phi) is 5.17.